The van der Waals surface area contributed by atoms with Crippen molar-refractivity contribution in [2.45, 2.75) is 48.6 Å². The molecule has 1 aromatic carbocycles. The lowest BCUT2D eigenvalue weighted by Crippen LogP contribution is -2.42. The number of amides is 1. The van der Waals surface area contributed by atoms with Crippen LogP contribution < -0.4 is 10.2 Å². The molecule has 2 aliphatic rings. The molecule has 0 radical (unpaired) electrons. The van der Waals surface area contributed by atoms with Crippen LogP contribution in [0, 0.1) is 12.8 Å². The quantitative estimate of drug-likeness (QED) is 0.784. The topological polar surface area (TPSA) is 67.4 Å². The van der Waals surface area contributed by atoms with E-state index in [4.69, 9.17) is 4.74 Å². The first-order valence-electron chi connectivity index (χ1n) is 10.4. The summed E-state index contributed by atoms with van der Waals surface area (Å²) < 4.78 is 5.59. The van der Waals surface area contributed by atoms with E-state index in [9.17, 15) is 4.79 Å². The van der Waals surface area contributed by atoms with Gasteiger partial charge in [-0.3, -0.25) is 4.79 Å². The van der Waals surface area contributed by atoms with Gasteiger partial charge < -0.3 is 15.0 Å². The fraction of sp³-hybridized carbons (Fsp3) is 0.500. The summed E-state index contributed by atoms with van der Waals surface area (Å²) in [4.78, 5) is 25.1. The molecule has 0 aliphatic carbocycles. The number of aryl methyl sites for hydroxylation is 1. The third kappa shape index (κ3) is 5.28. The van der Waals surface area contributed by atoms with Crippen molar-refractivity contribution in [1.82, 2.24) is 15.3 Å². The average Bonchev–Trinajstić information content (AvgIpc) is 3.26. The molecule has 3 heterocycles. The summed E-state index contributed by atoms with van der Waals surface area (Å²) in [6.45, 7) is 5.19. The summed E-state index contributed by atoms with van der Waals surface area (Å²) in [6.07, 6.45) is 7.50. The van der Waals surface area contributed by atoms with E-state index in [2.05, 4.69) is 51.4 Å². The maximum Gasteiger partial charge on any atom is 0.223 e. The van der Waals surface area contributed by atoms with Gasteiger partial charge in [0.15, 0.2) is 5.82 Å². The molecule has 0 saturated carbocycles. The van der Waals surface area contributed by atoms with Crippen LogP contribution in [-0.2, 0) is 9.53 Å². The van der Waals surface area contributed by atoms with E-state index in [0.717, 1.165) is 61.1 Å². The monoisotopic (exact) mass is 412 g/mol. The van der Waals surface area contributed by atoms with Gasteiger partial charge in [-0.25, -0.2) is 9.97 Å². The number of carbonyl (C=O) groups excluding carboxylic acids is 1. The van der Waals surface area contributed by atoms with Gasteiger partial charge in [0.1, 0.15) is 5.03 Å². The fourth-order valence-corrected chi connectivity index (χ4v) is 4.92. The van der Waals surface area contributed by atoms with Gasteiger partial charge in [-0.2, -0.15) is 0 Å². The molecule has 1 amide bonds. The van der Waals surface area contributed by atoms with Crippen molar-refractivity contribution >= 4 is 23.5 Å². The number of carbonyl (C=O) groups is 1. The van der Waals surface area contributed by atoms with Crippen LogP contribution in [0.1, 0.15) is 31.2 Å². The van der Waals surface area contributed by atoms with E-state index in [1.165, 1.54) is 5.56 Å². The van der Waals surface area contributed by atoms with Gasteiger partial charge >= 0.3 is 0 Å². The second-order valence-electron chi connectivity index (χ2n) is 7.75. The summed E-state index contributed by atoms with van der Waals surface area (Å²) in [5, 5.41) is 4.00. The molecule has 1 aromatic heterocycles. The molecule has 154 valence electrons. The number of anilines is 1. The predicted molar refractivity (Wildman–Crippen MR) is 114 cm³/mol. The van der Waals surface area contributed by atoms with Crippen molar-refractivity contribution in [3.63, 3.8) is 0 Å². The number of rotatable bonds is 6. The van der Waals surface area contributed by atoms with Crippen LogP contribution in [0.3, 0.4) is 0 Å². The Balaban J connectivity index is 1.34. The van der Waals surface area contributed by atoms with Gasteiger partial charge in [-0.15, -0.1) is 0 Å². The Kier molecular flexibility index (Phi) is 6.67. The number of nitrogens with one attached hydrogen (secondary N) is 1. The molecule has 2 aromatic rings. The van der Waals surface area contributed by atoms with Gasteiger partial charge in [0.25, 0.3) is 0 Å². The minimum Gasteiger partial charge on any atom is -0.376 e. The number of hydrogen-bond donors (Lipinski definition) is 1. The zero-order valence-corrected chi connectivity index (χ0v) is 17.7. The lowest BCUT2D eigenvalue weighted by molar-refractivity contribution is -0.126. The van der Waals surface area contributed by atoms with Crippen molar-refractivity contribution in [2.75, 3.05) is 31.1 Å². The highest BCUT2D eigenvalue weighted by atomic mass is 32.2. The normalized spacial score (nSPS) is 20.0. The Hall–Kier alpha value is -2.12. The molecule has 4 rings (SSSR count). The molecular weight excluding hydrogens is 384 g/mol. The molecule has 1 atom stereocenters. The number of nitrogens with zero attached hydrogens (tertiary/aromatic N) is 3. The van der Waals surface area contributed by atoms with Crippen LogP contribution in [-0.4, -0.2) is 48.2 Å². The molecule has 0 unspecified atom stereocenters. The molecule has 7 heteroatoms. The summed E-state index contributed by atoms with van der Waals surface area (Å²) in [7, 11) is 0. The lowest BCUT2D eigenvalue weighted by atomic mass is 9.96. The Bertz CT molecular complexity index is 833. The van der Waals surface area contributed by atoms with E-state index in [1.54, 1.807) is 24.2 Å². The summed E-state index contributed by atoms with van der Waals surface area (Å²) in [5.74, 6) is 1.14. The van der Waals surface area contributed by atoms with E-state index < -0.39 is 0 Å². The number of piperidine rings is 1. The summed E-state index contributed by atoms with van der Waals surface area (Å²) >= 11 is 1.64. The Morgan fingerprint density at radius 1 is 1.24 bits per heavy atom. The second kappa shape index (κ2) is 9.59. The van der Waals surface area contributed by atoms with Crippen molar-refractivity contribution < 1.29 is 9.53 Å². The first kappa shape index (κ1) is 20.2. The van der Waals surface area contributed by atoms with E-state index >= 15 is 0 Å². The molecule has 1 N–H and O–H groups in total. The van der Waals surface area contributed by atoms with Gasteiger partial charge in [-0.1, -0.05) is 29.5 Å². The van der Waals surface area contributed by atoms with Crippen molar-refractivity contribution in [3.8, 4) is 0 Å². The second-order valence-corrected chi connectivity index (χ2v) is 8.81. The van der Waals surface area contributed by atoms with Crippen LogP contribution in [0.2, 0.25) is 0 Å². The third-order valence-electron chi connectivity index (χ3n) is 5.54. The molecule has 2 fully saturated rings. The maximum atomic E-state index is 12.5. The first-order valence-corrected chi connectivity index (χ1v) is 11.2. The zero-order chi connectivity index (χ0) is 20.1. The van der Waals surface area contributed by atoms with E-state index in [-0.39, 0.29) is 17.9 Å². The fourth-order valence-electron chi connectivity index (χ4n) is 3.91. The molecular formula is C22H28N4O2S. The number of benzene rings is 1. The Morgan fingerprint density at radius 2 is 2.07 bits per heavy atom. The summed E-state index contributed by atoms with van der Waals surface area (Å²) in [5.41, 5.74) is 1.23. The van der Waals surface area contributed by atoms with Crippen molar-refractivity contribution in [1.29, 1.82) is 0 Å². The molecule has 29 heavy (non-hydrogen) atoms. The molecule has 0 bridgehead atoms. The molecule has 0 spiro atoms. The first-order chi connectivity index (χ1) is 14.2. The highest BCUT2D eigenvalue weighted by molar-refractivity contribution is 7.99. The number of aromatic nitrogens is 2. The van der Waals surface area contributed by atoms with Gasteiger partial charge in [0.05, 0.1) is 6.10 Å². The van der Waals surface area contributed by atoms with Gasteiger partial charge in [-0.05, 0) is 44.7 Å². The van der Waals surface area contributed by atoms with Crippen molar-refractivity contribution in [2.24, 2.45) is 5.92 Å². The van der Waals surface area contributed by atoms with Gasteiger partial charge in [0, 0.05) is 49.4 Å². The minimum absolute atomic E-state index is 0.0669. The Morgan fingerprint density at radius 3 is 2.83 bits per heavy atom. The van der Waals surface area contributed by atoms with E-state index in [1.807, 2.05) is 0 Å². The van der Waals surface area contributed by atoms with Crippen LogP contribution in [0.5, 0.6) is 0 Å². The largest absolute Gasteiger partial charge is 0.376 e. The number of ether oxygens (including phenoxy) is 1. The number of hydrogen-bond acceptors (Lipinski definition) is 6. The standard InChI is InChI=1S/C22H28N4O2S/c1-16-4-2-6-19(14-16)29-22-20(23-9-10-24-22)26-11-7-17(8-12-26)21(27)25-15-18-5-3-13-28-18/h2,4,6,9-10,14,17-18H,3,5,7-8,11-13,15H2,1H3,(H,25,27)/t18-/m1/s1. The SMILES string of the molecule is Cc1cccc(Sc2nccnc2N2CCC(C(=O)NC[C@H]3CCCO3)CC2)c1. The van der Waals surface area contributed by atoms with Crippen LogP contribution in [0.15, 0.2) is 46.6 Å². The third-order valence-corrected chi connectivity index (χ3v) is 6.51. The van der Waals surface area contributed by atoms with E-state index in [0.29, 0.717) is 6.54 Å². The highest BCUT2D eigenvalue weighted by Gasteiger charge is 2.28. The van der Waals surface area contributed by atoms with Crippen molar-refractivity contribution in [3.05, 3.63) is 42.2 Å². The molecule has 6 nitrogen and oxygen atoms in total. The molecule has 2 saturated heterocycles. The smallest absolute Gasteiger partial charge is 0.223 e. The zero-order valence-electron chi connectivity index (χ0n) is 16.8. The van der Waals surface area contributed by atoms with Crippen LogP contribution >= 0.6 is 11.8 Å². The van der Waals surface area contributed by atoms with Crippen LogP contribution in [0.25, 0.3) is 0 Å². The minimum atomic E-state index is 0.0669. The predicted octanol–water partition coefficient (Wildman–Crippen LogP) is 3.45. The summed E-state index contributed by atoms with van der Waals surface area (Å²) in [6, 6.07) is 8.42. The van der Waals surface area contributed by atoms with Crippen LogP contribution in [0.4, 0.5) is 5.82 Å². The highest BCUT2D eigenvalue weighted by Crippen LogP contribution is 2.34. The lowest BCUT2D eigenvalue weighted by Gasteiger charge is -2.32. The molecule has 2 aliphatic heterocycles. The Labute approximate surface area is 176 Å². The maximum absolute atomic E-state index is 12.5. The van der Waals surface area contributed by atoms with Gasteiger partial charge in [0.2, 0.25) is 5.91 Å². The average molecular weight is 413 g/mol.